The maximum absolute atomic E-state index is 12.1. The molecule has 22 heavy (non-hydrogen) atoms. The molecule has 1 aromatic heterocycles. The summed E-state index contributed by atoms with van der Waals surface area (Å²) in [5, 5.41) is 6.80. The van der Waals surface area contributed by atoms with Crippen LogP contribution in [0.1, 0.15) is 40.3 Å². The number of nitrogens with one attached hydrogen (secondary N) is 1. The summed E-state index contributed by atoms with van der Waals surface area (Å²) in [6.45, 7) is 14.9. The number of hydrogen-bond donors (Lipinski definition) is 1. The van der Waals surface area contributed by atoms with Crippen molar-refractivity contribution in [3.05, 3.63) is 11.8 Å². The molecule has 1 N–H and O–H groups in total. The molecular formula is C16H28N4O2. The number of carbonyl (C=O) groups is 1. The quantitative estimate of drug-likeness (QED) is 0.921. The highest BCUT2D eigenvalue weighted by molar-refractivity contribution is 5.91. The molecule has 0 aromatic carbocycles. The molecule has 1 fully saturated rings. The van der Waals surface area contributed by atoms with Crippen LogP contribution in [0, 0.1) is 0 Å². The maximum atomic E-state index is 12.1. The molecule has 124 valence electrons. The smallest absolute Gasteiger partial charge is 0.240 e. The second-order valence-corrected chi connectivity index (χ2v) is 7.28. The van der Waals surface area contributed by atoms with Gasteiger partial charge in [0.15, 0.2) is 0 Å². The van der Waals surface area contributed by atoms with Crippen molar-refractivity contribution in [3.8, 4) is 0 Å². The first-order valence-corrected chi connectivity index (χ1v) is 7.99. The lowest BCUT2D eigenvalue weighted by molar-refractivity contribution is -0.117. The first-order valence-electron chi connectivity index (χ1n) is 7.99. The molecule has 0 spiro atoms. The topological polar surface area (TPSA) is 61.6 Å². The van der Waals surface area contributed by atoms with Crippen molar-refractivity contribution in [3.63, 3.8) is 0 Å². The average Bonchev–Trinajstić information content (AvgIpc) is 2.87. The molecule has 1 saturated heterocycles. The Kier molecular flexibility index (Phi) is 5.24. The lowest BCUT2D eigenvalue weighted by Crippen LogP contribution is -2.50. The largest absolute Gasteiger partial charge is 0.338 e. The summed E-state index contributed by atoms with van der Waals surface area (Å²) < 4.78 is 5.19. The molecule has 0 unspecified atom stereocenters. The van der Waals surface area contributed by atoms with Gasteiger partial charge in [-0.3, -0.25) is 19.9 Å². The molecule has 1 aromatic rings. The van der Waals surface area contributed by atoms with Crippen molar-refractivity contribution in [2.45, 2.75) is 46.1 Å². The van der Waals surface area contributed by atoms with Gasteiger partial charge >= 0.3 is 0 Å². The van der Waals surface area contributed by atoms with Gasteiger partial charge in [-0.05, 0) is 13.8 Å². The van der Waals surface area contributed by atoms with Crippen LogP contribution in [0.4, 0.5) is 5.88 Å². The molecule has 2 rings (SSSR count). The number of amides is 1. The molecule has 0 bridgehead atoms. The molecule has 0 saturated carbocycles. The van der Waals surface area contributed by atoms with E-state index in [-0.39, 0.29) is 11.3 Å². The molecule has 0 radical (unpaired) electrons. The van der Waals surface area contributed by atoms with Gasteiger partial charge in [-0.15, -0.1) is 0 Å². The third-order valence-electron chi connectivity index (χ3n) is 4.05. The Labute approximate surface area is 132 Å². The Balaban J connectivity index is 1.80. The Bertz CT molecular complexity index is 496. The molecule has 1 aliphatic rings. The predicted octanol–water partition coefficient (Wildman–Crippen LogP) is 1.94. The number of aromatic nitrogens is 1. The van der Waals surface area contributed by atoms with E-state index in [0.29, 0.717) is 18.5 Å². The van der Waals surface area contributed by atoms with Crippen LogP contribution in [0.15, 0.2) is 10.6 Å². The van der Waals surface area contributed by atoms with Crippen LogP contribution in [-0.4, -0.2) is 59.6 Å². The number of hydrogen-bond acceptors (Lipinski definition) is 5. The molecule has 0 aliphatic carbocycles. The van der Waals surface area contributed by atoms with Gasteiger partial charge in [-0.25, -0.2) is 0 Å². The predicted molar refractivity (Wildman–Crippen MR) is 87.0 cm³/mol. The Morgan fingerprint density at radius 2 is 1.95 bits per heavy atom. The SMILES string of the molecule is CC(C)N1CCN(CC(=O)Nc2cc(C(C)(C)C)no2)CC1. The van der Waals surface area contributed by atoms with Crippen LogP contribution < -0.4 is 5.32 Å². The summed E-state index contributed by atoms with van der Waals surface area (Å²) in [7, 11) is 0. The molecule has 1 amide bonds. The van der Waals surface area contributed by atoms with Gasteiger partial charge in [0.25, 0.3) is 0 Å². The molecule has 2 heterocycles. The fourth-order valence-electron chi connectivity index (χ4n) is 2.51. The van der Waals surface area contributed by atoms with Crippen molar-refractivity contribution in [1.82, 2.24) is 15.0 Å². The Morgan fingerprint density at radius 1 is 1.32 bits per heavy atom. The van der Waals surface area contributed by atoms with Crippen molar-refractivity contribution >= 4 is 11.8 Å². The van der Waals surface area contributed by atoms with E-state index in [4.69, 9.17) is 4.52 Å². The van der Waals surface area contributed by atoms with Gasteiger partial charge in [0.2, 0.25) is 11.8 Å². The molecule has 0 atom stereocenters. The van der Waals surface area contributed by atoms with Gasteiger partial charge in [-0.1, -0.05) is 25.9 Å². The fraction of sp³-hybridized carbons (Fsp3) is 0.750. The van der Waals surface area contributed by atoms with Crippen molar-refractivity contribution < 1.29 is 9.32 Å². The monoisotopic (exact) mass is 308 g/mol. The van der Waals surface area contributed by atoms with Gasteiger partial charge in [0.05, 0.1) is 12.2 Å². The van der Waals surface area contributed by atoms with E-state index < -0.39 is 0 Å². The minimum atomic E-state index is -0.0837. The van der Waals surface area contributed by atoms with E-state index in [1.807, 2.05) is 0 Å². The van der Waals surface area contributed by atoms with Gasteiger partial charge < -0.3 is 4.52 Å². The number of carbonyl (C=O) groups excluding carboxylic acids is 1. The highest BCUT2D eigenvalue weighted by Crippen LogP contribution is 2.23. The lowest BCUT2D eigenvalue weighted by Gasteiger charge is -2.36. The van der Waals surface area contributed by atoms with Crippen LogP contribution in [0.5, 0.6) is 0 Å². The molecule has 1 aliphatic heterocycles. The summed E-state index contributed by atoms with van der Waals surface area (Å²) in [4.78, 5) is 16.7. The second kappa shape index (κ2) is 6.79. The lowest BCUT2D eigenvalue weighted by atomic mass is 9.92. The average molecular weight is 308 g/mol. The van der Waals surface area contributed by atoms with Crippen molar-refractivity contribution in [2.75, 3.05) is 38.0 Å². The van der Waals surface area contributed by atoms with E-state index in [0.717, 1.165) is 31.9 Å². The number of nitrogens with zero attached hydrogens (tertiary/aromatic N) is 3. The zero-order valence-corrected chi connectivity index (χ0v) is 14.3. The van der Waals surface area contributed by atoms with Gasteiger partial charge in [-0.2, -0.15) is 0 Å². The van der Waals surface area contributed by atoms with E-state index in [9.17, 15) is 4.79 Å². The number of anilines is 1. The zero-order valence-electron chi connectivity index (χ0n) is 14.3. The normalized spacial score (nSPS) is 17.9. The molecule has 6 heteroatoms. The zero-order chi connectivity index (χ0) is 16.3. The third-order valence-corrected chi connectivity index (χ3v) is 4.05. The Hall–Kier alpha value is -1.40. The first-order chi connectivity index (χ1) is 10.3. The highest BCUT2D eigenvalue weighted by atomic mass is 16.5. The van der Waals surface area contributed by atoms with Gasteiger partial charge in [0.1, 0.15) is 0 Å². The Morgan fingerprint density at radius 3 is 2.45 bits per heavy atom. The van der Waals surface area contributed by atoms with Gasteiger partial charge in [0, 0.05) is 43.7 Å². The van der Waals surface area contributed by atoms with E-state index in [2.05, 4.69) is 54.9 Å². The van der Waals surface area contributed by atoms with E-state index >= 15 is 0 Å². The molecular weight excluding hydrogens is 280 g/mol. The minimum absolute atomic E-state index is 0.0467. The van der Waals surface area contributed by atoms with E-state index in [1.165, 1.54) is 0 Å². The van der Waals surface area contributed by atoms with Crippen LogP contribution in [0.3, 0.4) is 0 Å². The summed E-state index contributed by atoms with van der Waals surface area (Å²) in [5.41, 5.74) is 0.757. The van der Waals surface area contributed by atoms with Crippen LogP contribution >= 0.6 is 0 Å². The third kappa shape index (κ3) is 4.55. The standard InChI is InChI=1S/C16H28N4O2/c1-12(2)20-8-6-19(7-9-20)11-14(21)17-15-10-13(18-22-15)16(3,4)5/h10,12H,6-9,11H2,1-5H3,(H,17,21). The summed E-state index contributed by atoms with van der Waals surface area (Å²) in [6.07, 6.45) is 0. The summed E-state index contributed by atoms with van der Waals surface area (Å²) in [5.74, 6) is 0.380. The fourth-order valence-corrected chi connectivity index (χ4v) is 2.51. The summed E-state index contributed by atoms with van der Waals surface area (Å²) >= 11 is 0. The van der Waals surface area contributed by atoms with Crippen molar-refractivity contribution in [2.24, 2.45) is 0 Å². The van der Waals surface area contributed by atoms with Crippen molar-refractivity contribution in [1.29, 1.82) is 0 Å². The summed E-state index contributed by atoms with van der Waals surface area (Å²) in [6, 6.07) is 2.37. The highest BCUT2D eigenvalue weighted by Gasteiger charge is 2.22. The number of piperazine rings is 1. The maximum Gasteiger partial charge on any atom is 0.240 e. The number of rotatable bonds is 4. The van der Waals surface area contributed by atoms with Crippen LogP contribution in [0.2, 0.25) is 0 Å². The first kappa shape index (κ1) is 17.0. The second-order valence-electron chi connectivity index (χ2n) is 7.28. The van der Waals surface area contributed by atoms with Crippen LogP contribution in [-0.2, 0) is 10.2 Å². The minimum Gasteiger partial charge on any atom is -0.338 e. The molecule has 6 nitrogen and oxygen atoms in total. The van der Waals surface area contributed by atoms with Crippen LogP contribution in [0.25, 0.3) is 0 Å². The van der Waals surface area contributed by atoms with E-state index in [1.54, 1.807) is 6.07 Å².